The molecule has 0 aliphatic carbocycles. The molecule has 23 heavy (non-hydrogen) atoms. The van der Waals surface area contributed by atoms with E-state index < -0.39 is 12.0 Å². The molecule has 0 bridgehead atoms. The summed E-state index contributed by atoms with van der Waals surface area (Å²) in [6.45, 7) is 2.00. The number of nitrogens with two attached hydrogens (primary N) is 1. The summed E-state index contributed by atoms with van der Waals surface area (Å²) in [4.78, 5) is 23.5. The van der Waals surface area contributed by atoms with Crippen LogP contribution in [0.25, 0.3) is 0 Å². The van der Waals surface area contributed by atoms with Crippen molar-refractivity contribution in [1.29, 1.82) is 0 Å². The van der Waals surface area contributed by atoms with Crippen molar-refractivity contribution in [3.05, 3.63) is 64.7 Å². The fourth-order valence-electron chi connectivity index (χ4n) is 1.97. The summed E-state index contributed by atoms with van der Waals surface area (Å²) in [7, 11) is 0. The van der Waals surface area contributed by atoms with Crippen LogP contribution in [0.2, 0.25) is 5.02 Å². The second-order valence-electron chi connectivity index (χ2n) is 4.97. The quantitative estimate of drug-likeness (QED) is 0.852. The molecule has 2 rings (SSSR count). The van der Waals surface area contributed by atoms with Crippen LogP contribution in [0.1, 0.15) is 22.8 Å². The molecule has 0 saturated carbocycles. The Balaban J connectivity index is 2.00. The third-order valence-corrected chi connectivity index (χ3v) is 3.42. The molecule has 0 aliphatic rings. The van der Waals surface area contributed by atoms with Crippen LogP contribution in [-0.2, 0) is 11.3 Å². The largest absolute Gasteiger partial charge is 0.480 e. The van der Waals surface area contributed by atoms with Gasteiger partial charge in [0.25, 0.3) is 11.8 Å². The average Bonchev–Trinajstić information content (AvgIpc) is 2.55. The first-order valence-electron chi connectivity index (χ1n) is 7.05. The van der Waals surface area contributed by atoms with Gasteiger partial charge in [-0.2, -0.15) is 0 Å². The van der Waals surface area contributed by atoms with Gasteiger partial charge in [-0.1, -0.05) is 41.9 Å². The zero-order valence-electron chi connectivity index (χ0n) is 12.6. The Morgan fingerprint density at radius 3 is 2.57 bits per heavy atom. The standard InChI is InChI=1S/C17H17ClN2O3/c1-11(17(22)20-10-12-5-3-2-4-6-12)23-15-8-7-13(18)9-14(15)16(19)21/h2-9,11H,10H2,1H3,(H2,19,21)(H,20,22)/t11-/m0/s1. The second kappa shape index (κ2) is 7.65. The van der Waals surface area contributed by atoms with E-state index in [1.54, 1.807) is 13.0 Å². The molecule has 0 radical (unpaired) electrons. The maximum absolute atomic E-state index is 12.1. The zero-order chi connectivity index (χ0) is 16.8. The molecule has 0 aromatic heterocycles. The maximum atomic E-state index is 12.1. The molecule has 0 unspecified atom stereocenters. The Hall–Kier alpha value is -2.53. The first-order chi connectivity index (χ1) is 11.0. The van der Waals surface area contributed by atoms with Crippen LogP contribution in [0.4, 0.5) is 0 Å². The van der Waals surface area contributed by atoms with Gasteiger partial charge in [0.05, 0.1) is 5.56 Å². The molecule has 2 aromatic carbocycles. The third-order valence-electron chi connectivity index (χ3n) is 3.19. The molecule has 0 aliphatic heterocycles. The minimum absolute atomic E-state index is 0.139. The molecule has 2 amide bonds. The van der Waals surface area contributed by atoms with Crippen LogP contribution < -0.4 is 15.8 Å². The van der Waals surface area contributed by atoms with E-state index in [1.165, 1.54) is 12.1 Å². The molecular weight excluding hydrogens is 316 g/mol. The second-order valence-corrected chi connectivity index (χ2v) is 5.40. The van der Waals surface area contributed by atoms with Crippen molar-refractivity contribution in [3.63, 3.8) is 0 Å². The van der Waals surface area contributed by atoms with Crippen molar-refractivity contribution < 1.29 is 14.3 Å². The topological polar surface area (TPSA) is 81.4 Å². The van der Waals surface area contributed by atoms with Crippen LogP contribution in [-0.4, -0.2) is 17.9 Å². The Labute approximate surface area is 139 Å². The summed E-state index contributed by atoms with van der Waals surface area (Å²) in [5, 5.41) is 3.14. The highest BCUT2D eigenvalue weighted by Gasteiger charge is 2.18. The zero-order valence-corrected chi connectivity index (χ0v) is 13.3. The van der Waals surface area contributed by atoms with E-state index in [0.29, 0.717) is 11.6 Å². The summed E-state index contributed by atoms with van der Waals surface area (Å²) in [6, 6.07) is 14.0. The number of carbonyl (C=O) groups is 2. The van der Waals surface area contributed by atoms with E-state index in [2.05, 4.69) is 5.32 Å². The van der Waals surface area contributed by atoms with E-state index in [1.807, 2.05) is 30.3 Å². The van der Waals surface area contributed by atoms with Crippen LogP contribution in [0, 0.1) is 0 Å². The molecule has 5 nitrogen and oxygen atoms in total. The van der Waals surface area contributed by atoms with Crippen molar-refractivity contribution in [2.75, 3.05) is 0 Å². The Morgan fingerprint density at radius 1 is 1.22 bits per heavy atom. The number of amides is 2. The average molecular weight is 333 g/mol. The number of primary amides is 1. The van der Waals surface area contributed by atoms with Gasteiger partial charge in [-0.15, -0.1) is 0 Å². The van der Waals surface area contributed by atoms with Gasteiger partial charge in [0, 0.05) is 11.6 Å². The van der Waals surface area contributed by atoms with Crippen LogP contribution >= 0.6 is 11.6 Å². The van der Waals surface area contributed by atoms with E-state index in [4.69, 9.17) is 22.1 Å². The maximum Gasteiger partial charge on any atom is 0.261 e. The first-order valence-corrected chi connectivity index (χ1v) is 7.43. The van der Waals surface area contributed by atoms with Crippen molar-refractivity contribution >= 4 is 23.4 Å². The van der Waals surface area contributed by atoms with Gasteiger partial charge >= 0.3 is 0 Å². The number of hydrogen-bond acceptors (Lipinski definition) is 3. The number of halogens is 1. The normalized spacial score (nSPS) is 11.6. The molecule has 0 saturated heterocycles. The number of carbonyl (C=O) groups excluding carboxylic acids is 2. The summed E-state index contributed by atoms with van der Waals surface area (Å²) < 4.78 is 5.54. The minimum atomic E-state index is -0.780. The molecule has 1 atom stereocenters. The van der Waals surface area contributed by atoms with Crippen LogP contribution in [0.5, 0.6) is 5.75 Å². The van der Waals surface area contributed by atoms with Gasteiger partial charge in [0.2, 0.25) is 0 Å². The van der Waals surface area contributed by atoms with Crippen molar-refractivity contribution in [2.24, 2.45) is 5.73 Å². The number of rotatable bonds is 6. The van der Waals surface area contributed by atoms with Gasteiger partial charge in [0.1, 0.15) is 5.75 Å². The SMILES string of the molecule is C[C@H](Oc1ccc(Cl)cc1C(N)=O)C(=O)NCc1ccccc1. The van der Waals surface area contributed by atoms with E-state index >= 15 is 0 Å². The number of hydrogen-bond donors (Lipinski definition) is 2. The summed E-state index contributed by atoms with van der Waals surface area (Å²) in [6.07, 6.45) is -0.780. The summed E-state index contributed by atoms with van der Waals surface area (Å²) in [5.74, 6) is -0.733. The van der Waals surface area contributed by atoms with Crippen molar-refractivity contribution in [1.82, 2.24) is 5.32 Å². The van der Waals surface area contributed by atoms with Gasteiger partial charge in [-0.3, -0.25) is 9.59 Å². The lowest BCUT2D eigenvalue weighted by atomic mass is 10.2. The van der Waals surface area contributed by atoms with E-state index in [9.17, 15) is 9.59 Å². The highest BCUT2D eigenvalue weighted by atomic mass is 35.5. The number of benzene rings is 2. The molecule has 120 valence electrons. The molecule has 0 spiro atoms. The van der Waals surface area contributed by atoms with Gasteiger partial charge in [0.15, 0.2) is 6.10 Å². The van der Waals surface area contributed by atoms with Gasteiger partial charge in [-0.25, -0.2) is 0 Å². The molecule has 6 heteroatoms. The lowest BCUT2D eigenvalue weighted by Gasteiger charge is -2.16. The van der Waals surface area contributed by atoms with Crippen molar-refractivity contribution in [3.8, 4) is 5.75 Å². The fourth-order valence-corrected chi connectivity index (χ4v) is 2.14. The van der Waals surface area contributed by atoms with E-state index in [0.717, 1.165) is 5.56 Å². The molecule has 0 heterocycles. The molecule has 2 aromatic rings. The fraction of sp³-hybridized carbons (Fsp3) is 0.176. The predicted molar refractivity (Wildman–Crippen MR) is 88.3 cm³/mol. The monoisotopic (exact) mass is 332 g/mol. The minimum Gasteiger partial charge on any atom is -0.480 e. The number of nitrogens with one attached hydrogen (secondary N) is 1. The predicted octanol–water partition coefficient (Wildman–Crippen LogP) is 2.52. The smallest absolute Gasteiger partial charge is 0.261 e. The lowest BCUT2D eigenvalue weighted by Crippen LogP contribution is -2.36. The van der Waals surface area contributed by atoms with Crippen LogP contribution in [0.15, 0.2) is 48.5 Å². The molecule has 3 N–H and O–H groups in total. The summed E-state index contributed by atoms with van der Waals surface area (Å²) in [5.41, 5.74) is 6.41. The lowest BCUT2D eigenvalue weighted by molar-refractivity contribution is -0.127. The third kappa shape index (κ3) is 4.72. The molecule has 0 fully saturated rings. The van der Waals surface area contributed by atoms with E-state index in [-0.39, 0.29) is 17.2 Å². The summed E-state index contributed by atoms with van der Waals surface area (Å²) >= 11 is 5.83. The molecular formula is C17H17ClN2O3. The Bertz CT molecular complexity index is 704. The highest BCUT2D eigenvalue weighted by molar-refractivity contribution is 6.31. The Morgan fingerprint density at radius 2 is 1.91 bits per heavy atom. The van der Waals surface area contributed by atoms with Crippen molar-refractivity contribution in [2.45, 2.75) is 19.6 Å². The van der Waals surface area contributed by atoms with Gasteiger partial charge < -0.3 is 15.8 Å². The van der Waals surface area contributed by atoms with Gasteiger partial charge in [-0.05, 0) is 30.7 Å². The first kappa shape index (κ1) is 16.8. The number of ether oxygens (including phenoxy) is 1. The highest BCUT2D eigenvalue weighted by Crippen LogP contribution is 2.23. The van der Waals surface area contributed by atoms with Crippen LogP contribution in [0.3, 0.4) is 0 Å². The Kier molecular flexibility index (Phi) is 5.60.